The van der Waals surface area contributed by atoms with Crippen LogP contribution in [0.2, 0.25) is 15.2 Å². The first-order valence-corrected chi connectivity index (χ1v) is 6.01. The highest BCUT2D eigenvalue weighted by Crippen LogP contribution is 2.28. The van der Waals surface area contributed by atoms with Gasteiger partial charge in [0.25, 0.3) is 0 Å². The van der Waals surface area contributed by atoms with E-state index >= 15 is 0 Å². The molecule has 1 heterocycles. The van der Waals surface area contributed by atoms with Crippen LogP contribution in [0.25, 0.3) is 5.69 Å². The van der Waals surface area contributed by atoms with Gasteiger partial charge in [0, 0.05) is 5.56 Å². The average molecular weight is 292 g/mol. The van der Waals surface area contributed by atoms with Crippen molar-refractivity contribution in [3.05, 3.63) is 45.2 Å². The molecule has 1 atom stereocenters. The summed E-state index contributed by atoms with van der Waals surface area (Å²) in [5, 5.41) is 14.8. The van der Waals surface area contributed by atoms with Gasteiger partial charge in [-0.3, -0.25) is 0 Å². The van der Waals surface area contributed by atoms with Gasteiger partial charge in [-0.25, -0.2) is 4.68 Å². The molecule has 2 aromatic rings. The summed E-state index contributed by atoms with van der Waals surface area (Å²) in [4.78, 5) is 0. The summed E-state index contributed by atoms with van der Waals surface area (Å²) >= 11 is 17.9. The van der Waals surface area contributed by atoms with Gasteiger partial charge in [-0.05, 0) is 25.1 Å². The molecule has 17 heavy (non-hydrogen) atoms. The van der Waals surface area contributed by atoms with Crippen LogP contribution in [0.15, 0.2) is 24.4 Å². The van der Waals surface area contributed by atoms with E-state index in [1.54, 1.807) is 25.1 Å². The van der Waals surface area contributed by atoms with Gasteiger partial charge in [0.15, 0.2) is 0 Å². The quantitative estimate of drug-likeness (QED) is 0.911. The van der Waals surface area contributed by atoms with Crippen molar-refractivity contribution < 1.29 is 5.11 Å². The summed E-state index contributed by atoms with van der Waals surface area (Å²) in [6.07, 6.45) is 0.856. The van der Waals surface area contributed by atoms with Gasteiger partial charge in [-0.2, -0.15) is 5.10 Å². The topological polar surface area (TPSA) is 38.1 Å². The molecule has 1 unspecified atom stereocenters. The highest BCUT2D eigenvalue weighted by atomic mass is 35.5. The van der Waals surface area contributed by atoms with Crippen molar-refractivity contribution in [3.8, 4) is 5.69 Å². The molecule has 1 N–H and O–H groups in total. The number of rotatable bonds is 2. The lowest BCUT2D eigenvalue weighted by Gasteiger charge is -2.06. The monoisotopic (exact) mass is 290 g/mol. The Morgan fingerprint density at radius 2 is 1.94 bits per heavy atom. The molecule has 3 nitrogen and oxygen atoms in total. The summed E-state index contributed by atoms with van der Waals surface area (Å²) in [6, 6.07) is 5.08. The van der Waals surface area contributed by atoms with Gasteiger partial charge in [0.1, 0.15) is 5.15 Å². The number of hydrogen-bond donors (Lipinski definition) is 1. The van der Waals surface area contributed by atoms with Crippen LogP contribution in [0, 0.1) is 0 Å². The molecule has 6 heteroatoms. The molecular formula is C11H9Cl3N2O. The molecule has 2 rings (SSSR count). The third kappa shape index (κ3) is 2.43. The molecule has 1 aromatic carbocycles. The molecule has 0 amide bonds. The Morgan fingerprint density at radius 1 is 1.24 bits per heavy atom. The molecule has 0 bridgehead atoms. The van der Waals surface area contributed by atoms with E-state index in [2.05, 4.69) is 5.10 Å². The normalized spacial score (nSPS) is 12.8. The number of benzene rings is 1. The molecule has 0 saturated carbocycles. The molecule has 0 aliphatic carbocycles. The smallest absolute Gasteiger partial charge is 0.138 e. The zero-order chi connectivity index (χ0) is 12.6. The summed E-state index contributed by atoms with van der Waals surface area (Å²) in [5.41, 5.74) is 1.26. The number of aromatic nitrogens is 2. The van der Waals surface area contributed by atoms with Crippen LogP contribution in [-0.2, 0) is 0 Å². The van der Waals surface area contributed by atoms with Crippen molar-refractivity contribution in [2.24, 2.45) is 0 Å². The van der Waals surface area contributed by atoms with Crippen LogP contribution >= 0.6 is 34.8 Å². The highest BCUT2D eigenvalue weighted by molar-refractivity contribution is 6.42. The lowest BCUT2D eigenvalue weighted by Crippen LogP contribution is -1.97. The largest absolute Gasteiger partial charge is 0.389 e. The van der Waals surface area contributed by atoms with Crippen molar-refractivity contribution >= 4 is 34.8 Å². The van der Waals surface area contributed by atoms with Crippen LogP contribution in [0.1, 0.15) is 18.6 Å². The van der Waals surface area contributed by atoms with E-state index in [4.69, 9.17) is 34.8 Å². The number of aliphatic hydroxyl groups is 1. The fourth-order valence-electron chi connectivity index (χ4n) is 1.42. The van der Waals surface area contributed by atoms with Crippen LogP contribution in [-0.4, -0.2) is 14.9 Å². The van der Waals surface area contributed by atoms with E-state index < -0.39 is 6.10 Å². The first kappa shape index (κ1) is 12.7. The summed E-state index contributed by atoms with van der Waals surface area (Å²) in [5.74, 6) is 0. The molecule has 90 valence electrons. The molecule has 0 spiro atoms. The van der Waals surface area contributed by atoms with Crippen molar-refractivity contribution in [2.75, 3.05) is 0 Å². The number of halogens is 3. The minimum Gasteiger partial charge on any atom is -0.389 e. The predicted octanol–water partition coefficient (Wildman–Crippen LogP) is 3.89. The standard InChI is InChI=1S/C11H9Cl3N2O/c1-6(17)8-5-15-16(11(8)14)7-2-3-9(12)10(13)4-7/h2-6,17H,1H3. The van der Waals surface area contributed by atoms with Crippen molar-refractivity contribution in [1.82, 2.24) is 9.78 Å². The Hall–Kier alpha value is -0.740. The maximum Gasteiger partial charge on any atom is 0.138 e. The van der Waals surface area contributed by atoms with E-state index in [1.165, 1.54) is 10.9 Å². The molecule has 0 saturated heterocycles. The van der Waals surface area contributed by atoms with Crippen molar-refractivity contribution in [2.45, 2.75) is 13.0 Å². The predicted molar refractivity (Wildman–Crippen MR) is 69.2 cm³/mol. The Kier molecular flexibility index (Phi) is 3.64. The van der Waals surface area contributed by atoms with Gasteiger partial charge >= 0.3 is 0 Å². The molecule has 0 aliphatic rings. The second-order valence-corrected chi connectivity index (χ2v) is 4.75. The molecular weight excluding hydrogens is 282 g/mol. The number of hydrogen-bond acceptors (Lipinski definition) is 2. The molecule has 0 fully saturated rings. The first-order valence-electron chi connectivity index (χ1n) is 4.87. The van der Waals surface area contributed by atoms with Crippen LogP contribution in [0.4, 0.5) is 0 Å². The van der Waals surface area contributed by atoms with Gasteiger partial charge in [0.2, 0.25) is 0 Å². The van der Waals surface area contributed by atoms with Crippen LogP contribution in [0.3, 0.4) is 0 Å². The van der Waals surface area contributed by atoms with Crippen LogP contribution < -0.4 is 0 Å². The third-order valence-electron chi connectivity index (χ3n) is 2.33. The molecule has 0 radical (unpaired) electrons. The lowest BCUT2D eigenvalue weighted by atomic mass is 10.2. The van der Waals surface area contributed by atoms with E-state index in [-0.39, 0.29) is 0 Å². The van der Waals surface area contributed by atoms with Crippen molar-refractivity contribution in [1.29, 1.82) is 0 Å². The fourth-order valence-corrected chi connectivity index (χ4v) is 2.06. The Labute approximate surface area is 114 Å². The molecule has 0 aliphatic heterocycles. The Morgan fingerprint density at radius 3 is 2.47 bits per heavy atom. The molecule has 1 aromatic heterocycles. The van der Waals surface area contributed by atoms with E-state index in [0.717, 1.165) is 0 Å². The minimum absolute atomic E-state index is 0.360. The summed E-state index contributed by atoms with van der Waals surface area (Å²) < 4.78 is 1.49. The second kappa shape index (κ2) is 4.86. The van der Waals surface area contributed by atoms with Crippen LogP contribution in [0.5, 0.6) is 0 Å². The van der Waals surface area contributed by atoms with E-state index in [1.807, 2.05) is 0 Å². The number of nitrogens with zero attached hydrogens (tertiary/aromatic N) is 2. The van der Waals surface area contributed by atoms with Gasteiger partial charge in [0.05, 0.1) is 28.0 Å². The first-order chi connectivity index (χ1) is 8.00. The fraction of sp³-hybridized carbons (Fsp3) is 0.182. The van der Waals surface area contributed by atoms with Gasteiger partial charge in [-0.15, -0.1) is 0 Å². The Balaban J connectivity index is 2.50. The zero-order valence-electron chi connectivity index (χ0n) is 8.86. The SMILES string of the molecule is CC(O)c1cnn(-c2ccc(Cl)c(Cl)c2)c1Cl. The minimum atomic E-state index is -0.668. The number of aliphatic hydroxyl groups excluding tert-OH is 1. The highest BCUT2D eigenvalue weighted by Gasteiger charge is 2.14. The summed E-state index contributed by atoms with van der Waals surface area (Å²) in [7, 11) is 0. The maximum absolute atomic E-state index is 9.48. The van der Waals surface area contributed by atoms with E-state index in [9.17, 15) is 5.11 Å². The van der Waals surface area contributed by atoms with Crippen molar-refractivity contribution in [3.63, 3.8) is 0 Å². The maximum atomic E-state index is 9.48. The third-order valence-corrected chi connectivity index (χ3v) is 3.45. The van der Waals surface area contributed by atoms with E-state index in [0.29, 0.717) is 26.4 Å². The van der Waals surface area contributed by atoms with Gasteiger partial charge < -0.3 is 5.11 Å². The van der Waals surface area contributed by atoms with Gasteiger partial charge in [-0.1, -0.05) is 34.8 Å². The lowest BCUT2D eigenvalue weighted by molar-refractivity contribution is 0.199. The Bertz CT molecular complexity index is 552. The summed E-state index contributed by atoms with van der Waals surface area (Å²) in [6.45, 7) is 1.63. The second-order valence-electron chi connectivity index (χ2n) is 3.58. The average Bonchev–Trinajstić information content (AvgIpc) is 2.64. The zero-order valence-corrected chi connectivity index (χ0v) is 11.1.